The summed E-state index contributed by atoms with van der Waals surface area (Å²) in [5.41, 5.74) is 5.46. The Balaban J connectivity index is 1.51. The second-order valence-corrected chi connectivity index (χ2v) is 20.1. The molecule has 0 radical (unpaired) electrons. The van der Waals surface area contributed by atoms with E-state index in [1.165, 1.54) is 6.07 Å². The van der Waals surface area contributed by atoms with Gasteiger partial charge in [-0.05, 0) is 121 Å². The molecule has 0 aliphatic rings. The van der Waals surface area contributed by atoms with Crippen LogP contribution in [0.4, 0.5) is 22.7 Å². The second-order valence-electron chi connectivity index (χ2n) is 15.1. The van der Waals surface area contributed by atoms with Gasteiger partial charge >= 0.3 is 0 Å². The molecule has 0 aliphatic carbocycles. The van der Waals surface area contributed by atoms with Crippen LogP contribution in [0, 0.1) is 0 Å². The summed E-state index contributed by atoms with van der Waals surface area (Å²) in [5.74, 6) is -0.580. The van der Waals surface area contributed by atoms with Crippen molar-refractivity contribution in [1.82, 2.24) is 9.44 Å². The van der Waals surface area contributed by atoms with Crippen molar-refractivity contribution in [3.05, 3.63) is 138 Å². The molecule has 5 rings (SSSR count). The summed E-state index contributed by atoms with van der Waals surface area (Å²) in [7, 11) is -11.8. The molecule has 328 valence electrons. The van der Waals surface area contributed by atoms with E-state index in [1.807, 2.05) is 86.6 Å². The van der Waals surface area contributed by atoms with Crippen LogP contribution in [0.1, 0.15) is 102 Å². The van der Waals surface area contributed by atoms with Crippen molar-refractivity contribution in [3.8, 4) is 0 Å². The van der Waals surface area contributed by atoms with Crippen LogP contribution in [0.25, 0.3) is 0 Å². The molecule has 0 amide bonds. The summed E-state index contributed by atoms with van der Waals surface area (Å²) in [5, 5.41) is 0. The molecule has 0 aromatic heterocycles. The number of hydrogen-bond donors (Lipinski definition) is 3. The van der Waals surface area contributed by atoms with E-state index in [-0.39, 0.29) is 14.7 Å². The number of nitrogens with one attached hydrogen (secondary N) is 2. The van der Waals surface area contributed by atoms with Gasteiger partial charge in [0.2, 0.25) is 20.0 Å². The van der Waals surface area contributed by atoms with E-state index < -0.39 is 36.1 Å². The molecular formula is C47H60N4O7S3. The van der Waals surface area contributed by atoms with Crippen LogP contribution in [0.15, 0.2) is 136 Å². The summed E-state index contributed by atoms with van der Waals surface area (Å²) in [6.07, 6.45) is 6.98. The third kappa shape index (κ3) is 12.5. The van der Waals surface area contributed by atoms with Crippen LogP contribution in [0.5, 0.6) is 0 Å². The fraction of sp³-hybridized carbons (Fsp3) is 0.362. The lowest BCUT2D eigenvalue weighted by molar-refractivity contribution is 0.482. The van der Waals surface area contributed by atoms with Gasteiger partial charge in [0.1, 0.15) is 0 Å². The predicted molar refractivity (Wildman–Crippen MR) is 247 cm³/mol. The molecule has 3 N–H and O–H groups in total. The summed E-state index contributed by atoms with van der Waals surface area (Å²) >= 11 is 0. The predicted octanol–water partition coefficient (Wildman–Crippen LogP) is 10.1. The number of hydrogen-bond acceptors (Lipinski definition) is 8. The second kappa shape index (κ2) is 22.0. The highest BCUT2D eigenvalue weighted by atomic mass is 32.2. The van der Waals surface area contributed by atoms with Crippen LogP contribution < -0.4 is 19.2 Å². The summed E-state index contributed by atoms with van der Waals surface area (Å²) in [6.45, 7) is 10.4. The molecule has 14 heteroatoms. The zero-order valence-corrected chi connectivity index (χ0v) is 38.1. The Kier molecular flexibility index (Phi) is 17.1. The van der Waals surface area contributed by atoms with Crippen LogP contribution in [0.3, 0.4) is 0 Å². The van der Waals surface area contributed by atoms with E-state index in [1.54, 1.807) is 42.5 Å². The standard InChI is InChI=1S/C47H60N4O7S3/c1-5-9-33-48-59(52,53)43-29-25-41(26-30-43)50(35-11-7-3)39-21-17-37(18-22-39)47(45-15-13-14-16-46(45)61(56,57)58)38-19-23-40(24-20-38)51(36-12-8-4)42-27-31-44(32-28-42)60(54,55)49-34-10-6-2/h13-32,47-49H,5-12,33-36H2,1-4H3,(H,56,57,58). The Labute approximate surface area is 364 Å². The summed E-state index contributed by atoms with van der Waals surface area (Å²) < 4.78 is 92.8. The van der Waals surface area contributed by atoms with E-state index in [2.05, 4.69) is 33.1 Å². The average Bonchev–Trinajstić information content (AvgIpc) is 3.25. The molecule has 0 unspecified atom stereocenters. The van der Waals surface area contributed by atoms with Crippen LogP contribution >= 0.6 is 0 Å². The monoisotopic (exact) mass is 888 g/mol. The van der Waals surface area contributed by atoms with E-state index in [0.717, 1.165) is 85.2 Å². The summed E-state index contributed by atoms with van der Waals surface area (Å²) in [6, 6.07) is 36.0. The van der Waals surface area contributed by atoms with Gasteiger partial charge < -0.3 is 9.80 Å². The highest BCUT2D eigenvalue weighted by Gasteiger charge is 2.26. The maximum atomic E-state index is 12.9. The molecule has 11 nitrogen and oxygen atoms in total. The van der Waals surface area contributed by atoms with Crippen molar-refractivity contribution in [3.63, 3.8) is 0 Å². The highest BCUT2D eigenvalue weighted by molar-refractivity contribution is 7.89. The van der Waals surface area contributed by atoms with E-state index in [9.17, 15) is 29.8 Å². The van der Waals surface area contributed by atoms with E-state index >= 15 is 0 Å². The molecule has 0 fully saturated rings. The maximum absolute atomic E-state index is 12.9. The average molecular weight is 889 g/mol. The summed E-state index contributed by atoms with van der Waals surface area (Å²) in [4.78, 5) is 4.51. The number of anilines is 4. The fourth-order valence-corrected chi connectivity index (χ4v) is 10.1. The normalized spacial score (nSPS) is 12.2. The molecule has 5 aromatic rings. The first-order chi connectivity index (χ1) is 29.2. The molecule has 0 saturated carbocycles. The lowest BCUT2D eigenvalue weighted by atomic mass is 9.85. The van der Waals surface area contributed by atoms with Crippen molar-refractivity contribution in [1.29, 1.82) is 0 Å². The molecule has 5 aromatic carbocycles. The van der Waals surface area contributed by atoms with Gasteiger partial charge in [0.25, 0.3) is 10.1 Å². The van der Waals surface area contributed by atoms with Gasteiger partial charge in [-0.15, -0.1) is 0 Å². The molecule has 0 aliphatic heterocycles. The third-order valence-corrected chi connectivity index (χ3v) is 14.5. The Morgan fingerprint density at radius 2 is 0.820 bits per heavy atom. The van der Waals surface area contributed by atoms with Crippen molar-refractivity contribution in [2.75, 3.05) is 36.0 Å². The fourth-order valence-electron chi connectivity index (χ4n) is 7.19. The highest BCUT2D eigenvalue weighted by Crippen LogP contribution is 2.39. The zero-order valence-electron chi connectivity index (χ0n) is 35.6. The maximum Gasteiger partial charge on any atom is 0.294 e. The first-order valence-electron chi connectivity index (χ1n) is 21.2. The molecule has 0 spiro atoms. The molecular weight excluding hydrogens is 829 g/mol. The van der Waals surface area contributed by atoms with Crippen molar-refractivity contribution >= 4 is 52.9 Å². The van der Waals surface area contributed by atoms with Crippen molar-refractivity contribution in [2.45, 2.75) is 99.7 Å². The third-order valence-electron chi connectivity index (χ3n) is 10.6. The lowest BCUT2D eigenvalue weighted by Gasteiger charge is -2.28. The van der Waals surface area contributed by atoms with Crippen LogP contribution in [-0.2, 0) is 30.2 Å². The van der Waals surface area contributed by atoms with E-state index in [0.29, 0.717) is 31.7 Å². The van der Waals surface area contributed by atoms with Gasteiger partial charge in [0, 0.05) is 54.8 Å². The molecule has 0 heterocycles. The zero-order chi connectivity index (χ0) is 44.0. The van der Waals surface area contributed by atoms with Crippen molar-refractivity contribution < 1.29 is 29.8 Å². The van der Waals surface area contributed by atoms with Crippen LogP contribution in [0.2, 0.25) is 0 Å². The largest absolute Gasteiger partial charge is 0.341 e. The van der Waals surface area contributed by atoms with Gasteiger partial charge in [-0.2, -0.15) is 8.42 Å². The van der Waals surface area contributed by atoms with Gasteiger partial charge in [-0.3, -0.25) is 4.55 Å². The smallest absolute Gasteiger partial charge is 0.294 e. The minimum atomic E-state index is -4.58. The first kappa shape index (κ1) is 47.5. The lowest BCUT2D eigenvalue weighted by Crippen LogP contribution is -2.25. The number of benzene rings is 5. The molecule has 0 atom stereocenters. The Morgan fingerprint density at radius 3 is 1.16 bits per heavy atom. The number of unbranched alkanes of at least 4 members (excludes halogenated alkanes) is 4. The Hall–Kier alpha value is -4.57. The Bertz CT molecular complexity index is 2340. The minimum absolute atomic E-state index is 0.180. The Morgan fingerprint density at radius 1 is 0.475 bits per heavy atom. The van der Waals surface area contributed by atoms with Gasteiger partial charge in [0.05, 0.1) is 14.7 Å². The topological polar surface area (TPSA) is 153 Å². The van der Waals surface area contributed by atoms with E-state index in [4.69, 9.17) is 0 Å². The number of rotatable bonds is 24. The van der Waals surface area contributed by atoms with Gasteiger partial charge in [-0.25, -0.2) is 26.3 Å². The number of sulfonamides is 2. The molecule has 0 saturated heterocycles. The van der Waals surface area contributed by atoms with Gasteiger partial charge in [-0.1, -0.05) is 95.8 Å². The SMILES string of the molecule is CCCCNS(=O)(=O)c1ccc(N(CCCC)c2ccc(C(c3ccc(N(CCCC)c4ccc(S(=O)(=O)NCCCC)cc4)cc3)c3ccccc3S(=O)(=O)O)cc2)cc1. The number of nitrogens with zero attached hydrogens (tertiary/aromatic N) is 2. The van der Waals surface area contributed by atoms with Gasteiger partial charge in [0.15, 0.2) is 0 Å². The minimum Gasteiger partial charge on any atom is -0.341 e. The quantitative estimate of drug-likeness (QED) is 0.0312. The molecule has 61 heavy (non-hydrogen) atoms. The van der Waals surface area contributed by atoms with Crippen LogP contribution in [-0.4, -0.2) is 56.0 Å². The molecule has 0 bridgehead atoms. The van der Waals surface area contributed by atoms with Crippen molar-refractivity contribution in [2.24, 2.45) is 0 Å². The first-order valence-corrected chi connectivity index (χ1v) is 25.7.